The SMILES string of the molecule is Cc1cc(C)nc(SCCl)c1. The van der Waals surface area contributed by atoms with Crippen LogP contribution in [0.15, 0.2) is 17.2 Å². The summed E-state index contributed by atoms with van der Waals surface area (Å²) in [7, 11) is 0. The summed E-state index contributed by atoms with van der Waals surface area (Å²) in [5, 5.41) is 1.58. The van der Waals surface area contributed by atoms with Crippen molar-refractivity contribution in [1.29, 1.82) is 0 Å². The highest BCUT2D eigenvalue weighted by Gasteiger charge is 1.96. The molecule has 0 fully saturated rings. The molecule has 1 aromatic heterocycles. The summed E-state index contributed by atoms with van der Waals surface area (Å²) in [6.45, 7) is 4.05. The number of pyridine rings is 1. The van der Waals surface area contributed by atoms with Crippen molar-refractivity contribution in [2.24, 2.45) is 0 Å². The van der Waals surface area contributed by atoms with E-state index in [1.54, 1.807) is 11.8 Å². The zero-order chi connectivity index (χ0) is 8.27. The number of rotatable bonds is 2. The summed E-state index contributed by atoms with van der Waals surface area (Å²) >= 11 is 7.12. The van der Waals surface area contributed by atoms with Crippen LogP contribution in [0, 0.1) is 13.8 Å². The zero-order valence-electron chi connectivity index (χ0n) is 6.60. The maximum Gasteiger partial charge on any atom is 0.0977 e. The van der Waals surface area contributed by atoms with Crippen LogP contribution in [0.1, 0.15) is 11.3 Å². The van der Waals surface area contributed by atoms with E-state index < -0.39 is 0 Å². The summed E-state index contributed by atoms with van der Waals surface area (Å²) in [4.78, 5) is 4.30. The molecule has 60 valence electrons. The Morgan fingerprint density at radius 1 is 1.45 bits per heavy atom. The molecule has 0 aromatic carbocycles. The molecule has 0 aliphatic heterocycles. The van der Waals surface area contributed by atoms with Gasteiger partial charge in [0, 0.05) is 5.69 Å². The van der Waals surface area contributed by atoms with Gasteiger partial charge in [-0.25, -0.2) is 4.98 Å². The van der Waals surface area contributed by atoms with Crippen LogP contribution in [-0.2, 0) is 0 Å². The van der Waals surface area contributed by atoms with Crippen LogP contribution < -0.4 is 0 Å². The van der Waals surface area contributed by atoms with Crippen LogP contribution in [0.3, 0.4) is 0 Å². The van der Waals surface area contributed by atoms with Gasteiger partial charge in [-0.2, -0.15) is 0 Å². The summed E-state index contributed by atoms with van der Waals surface area (Å²) < 4.78 is 0. The number of hydrogen-bond donors (Lipinski definition) is 0. The van der Waals surface area contributed by atoms with Gasteiger partial charge in [-0.3, -0.25) is 0 Å². The predicted octanol–water partition coefficient (Wildman–Crippen LogP) is 2.99. The summed E-state index contributed by atoms with van der Waals surface area (Å²) in [5.41, 5.74) is 2.29. The Morgan fingerprint density at radius 3 is 2.73 bits per heavy atom. The third-order valence-electron chi connectivity index (χ3n) is 1.28. The fourth-order valence-corrected chi connectivity index (χ4v) is 1.86. The Labute approximate surface area is 76.2 Å². The number of aromatic nitrogens is 1. The van der Waals surface area contributed by atoms with Crippen LogP contribution in [0.25, 0.3) is 0 Å². The standard InChI is InChI=1S/C8H10ClNS/c1-6-3-7(2)10-8(4-6)11-5-9/h3-4H,5H2,1-2H3. The van der Waals surface area contributed by atoms with Crippen molar-refractivity contribution >= 4 is 23.4 Å². The fraction of sp³-hybridized carbons (Fsp3) is 0.375. The first-order valence-electron chi connectivity index (χ1n) is 3.36. The lowest BCUT2D eigenvalue weighted by Gasteiger charge is -2.00. The molecule has 0 aliphatic carbocycles. The number of nitrogens with zero attached hydrogens (tertiary/aromatic N) is 1. The second-order valence-corrected chi connectivity index (χ2v) is 3.96. The van der Waals surface area contributed by atoms with Crippen molar-refractivity contribution < 1.29 is 0 Å². The minimum atomic E-state index is 0.565. The van der Waals surface area contributed by atoms with E-state index in [-0.39, 0.29) is 0 Å². The molecular formula is C8H10ClNS. The van der Waals surface area contributed by atoms with Gasteiger partial charge in [-0.15, -0.1) is 11.6 Å². The largest absolute Gasteiger partial charge is 0.247 e. The molecule has 0 radical (unpaired) electrons. The van der Waals surface area contributed by atoms with E-state index in [4.69, 9.17) is 11.6 Å². The Morgan fingerprint density at radius 2 is 2.18 bits per heavy atom. The van der Waals surface area contributed by atoms with Crippen LogP contribution in [0.5, 0.6) is 0 Å². The molecule has 3 heteroatoms. The first-order chi connectivity index (χ1) is 5.22. The lowest BCUT2D eigenvalue weighted by Crippen LogP contribution is -1.86. The third-order valence-corrected chi connectivity index (χ3v) is 2.22. The fourth-order valence-electron chi connectivity index (χ4n) is 0.934. The van der Waals surface area contributed by atoms with Gasteiger partial charge >= 0.3 is 0 Å². The van der Waals surface area contributed by atoms with Gasteiger partial charge < -0.3 is 0 Å². The van der Waals surface area contributed by atoms with E-state index in [0.29, 0.717) is 5.21 Å². The molecule has 0 spiro atoms. The third kappa shape index (κ3) is 2.72. The molecule has 0 N–H and O–H groups in total. The number of alkyl halides is 1. The highest BCUT2D eigenvalue weighted by molar-refractivity contribution is 8.00. The second kappa shape index (κ2) is 3.98. The zero-order valence-corrected chi connectivity index (χ0v) is 8.17. The second-order valence-electron chi connectivity index (χ2n) is 2.38. The van der Waals surface area contributed by atoms with E-state index in [2.05, 4.69) is 18.0 Å². The number of thioether (sulfide) groups is 1. The monoisotopic (exact) mass is 187 g/mol. The number of halogens is 1. The predicted molar refractivity (Wildman–Crippen MR) is 50.3 cm³/mol. The molecule has 0 unspecified atom stereocenters. The van der Waals surface area contributed by atoms with E-state index >= 15 is 0 Å². The van der Waals surface area contributed by atoms with Crippen molar-refractivity contribution in [1.82, 2.24) is 4.98 Å². The van der Waals surface area contributed by atoms with Gasteiger partial charge in [-0.1, -0.05) is 11.8 Å². The normalized spacial score (nSPS) is 10.1. The Hall–Kier alpha value is -0.210. The molecule has 0 bridgehead atoms. The molecule has 0 saturated heterocycles. The summed E-state index contributed by atoms with van der Waals surface area (Å²) in [5.74, 6) is 0. The lowest BCUT2D eigenvalue weighted by atomic mass is 10.3. The van der Waals surface area contributed by atoms with Crippen molar-refractivity contribution in [2.45, 2.75) is 18.9 Å². The molecule has 0 atom stereocenters. The van der Waals surface area contributed by atoms with Gasteiger partial charge in [0.1, 0.15) is 0 Å². The molecular weight excluding hydrogens is 178 g/mol. The molecule has 11 heavy (non-hydrogen) atoms. The van der Waals surface area contributed by atoms with Gasteiger partial charge in [0.15, 0.2) is 0 Å². The van der Waals surface area contributed by atoms with Crippen molar-refractivity contribution in [2.75, 3.05) is 5.21 Å². The van der Waals surface area contributed by atoms with Gasteiger partial charge in [0.2, 0.25) is 0 Å². The molecule has 1 nitrogen and oxygen atoms in total. The molecule has 1 heterocycles. The van der Waals surface area contributed by atoms with Gasteiger partial charge in [0.25, 0.3) is 0 Å². The first kappa shape index (κ1) is 8.88. The average Bonchev–Trinajstić information content (AvgIpc) is 1.85. The molecule has 1 rings (SSSR count). The van der Waals surface area contributed by atoms with E-state index in [1.807, 2.05) is 13.0 Å². The van der Waals surface area contributed by atoms with Crippen molar-refractivity contribution in [3.63, 3.8) is 0 Å². The minimum Gasteiger partial charge on any atom is -0.247 e. The first-order valence-corrected chi connectivity index (χ1v) is 4.88. The van der Waals surface area contributed by atoms with E-state index in [1.165, 1.54) is 5.56 Å². The quantitative estimate of drug-likeness (QED) is 0.522. The smallest absolute Gasteiger partial charge is 0.0977 e. The van der Waals surface area contributed by atoms with E-state index in [9.17, 15) is 0 Å². The van der Waals surface area contributed by atoms with Crippen LogP contribution in [-0.4, -0.2) is 10.2 Å². The molecule has 0 aliphatic rings. The Balaban J connectivity index is 2.89. The summed E-state index contributed by atoms with van der Waals surface area (Å²) in [6.07, 6.45) is 0. The van der Waals surface area contributed by atoms with Crippen molar-refractivity contribution in [3.8, 4) is 0 Å². The Kier molecular flexibility index (Phi) is 3.21. The van der Waals surface area contributed by atoms with Gasteiger partial charge in [-0.05, 0) is 31.5 Å². The average molecular weight is 188 g/mol. The Bertz CT molecular complexity index is 230. The topological polar surface area (TPSA) is 12.9 Å². The molecule has 0 saturated carbocycles. The number of aryl methyl sites for hydroxylation is 2. The summed E-state index contributed by atoms with van der Waals surface area (Å²) in [6, 6.07) is 4.10. The van der Waals surface area contributed by atoms with Crippen LogP contribution in [0.2, 0.25) is 0 Å². The van der Waals surface area contributed by atoms with Crippen LogP contribution >= 0.6 is 23.4 Å². The number of hydrogen-bond acceptors (Lipinski definition) is 2. The maximum atomic E-state index is 5.56. The molecule has 0 amide bonds. The highest BCUT2D eigenvalue weighted by atomic mass is 35.5. The van der Waals surface area contributed by atoms with Crippen molar-refractivity contribution in [3.05, 3.63) is 23.4 Å². The maximum absolute atomic E-state index is 5.56. The van der Waals surface area contributed by atoms with Gasteiger partial charge in [0.05, 0.1) is 10.2 Å². The highest BCUT2D eigenvalue weighted by Crippen LogP contribution is 2.18. The van der Waals surface area contributed by atoms with Crippen LogP contribution in [0.4, 0.5) is 0 Å². The minimum absolute atomic E-state index is 0.565. The molecule has 1 aromatic rings. The van der Waals surface area contributed by atoms with E-state index in [0.717, 1.165) is 10.7 Å². The lowest BCUT2D eigenvalue weighted by molar-refractivity contribution is 1.05.